The van der Waals surface area contributed by atoms with Crippen molar-refractivity contribution in [2.45, 2.75) is 52.6 Å². The number of benzene rings is 1. The molecule has 0 radical (unpaired) electrons. The fourth-order valence-electron chi connectivity index (χ4n) is 2.48. The van der Waals surface area contributed by atoms with Gasteiger partial charge in [0.2, 0.25) is 0 Å². The van der Waals surface area contributed by atoms with Crippen LogP contribution >= 0.6 is 0 Å². The molecule has 1 aromatic carbocycles. The molecule has 0 spiro atoms. The smallest absolute Gasteiger partial charge is 0.127 e. The molecule has 0 saturated heterocycles. The molecule has 1 heterocycles. The van der Waals surface area contributed by atoms with Crippen molar-refractivity contribution in [3.05, 3.63) is 30.1 Å². The zero-order valence-corrected chi connectivity index (χ0v) is 12.6. The van der Waals surface area contributed by atoms with Crippen LogP contribution < -0.4 is 5.73 Å². The normalized spacial score (nSPS) is 15.7. The number of aromatic nitrogens is 2. The fraction of sp³-hybridized carbons (Fsp3) is 0.562. The van der Waals surface area contributed by atoms with E-state index in [1.54, 1.807) is 0 Å². The number of nitrogens with two attached hydrogens (primary N) is 1. The number of rotatable bonds is 3. The minimum absolute atomic E-state index is 0.0170. The Labute approximate surface area is 115 Å². The summed E-state index contributed by atoms with van der Waals surface area (Å²) in [5.74, 6) is 1.43. The van der Waals surface area contributed by atoms with Crippen LogP contribution in [-0.4, -0.2) is 9.55 Å². The van der Waals surface area contributed by atoms with E-state index in [-0.39, 0.29) is 11.6 Å². The monoisotopic (exact) mass is 259 g/mol. The van der Waals surface area contributed by atoms with E-state index in [0.717, 1.165) is 17.8 Å². The van der Waals surface area contributed by atoms with E-state index >= 15 is 0 Å². The van der Waals surface area contributed by atoms with E-state index in [9.17, 15) is 0 Å². The highest BCUT2D eigenvalue weighted by Gasteiger charge is 2.26. The molecule has 3 nitrogen and oxygen atoms in total. The van der Waals surface area contributed by atoms with Gasteiger partial charge in [-0.3, -0.25) is 0 Å². The first kappa shape index (κ1) is 14.1. The molecule has 0 aliphatic carbocycles. The van der Waals surface area contributed by atoms with Crippen molar-refractivity contribution < 1.29 is 0 Å². The van der Waals surface area contributed by atoms with Crippen LogP contribution in [0.15, 0.2) is 24.3 Å². The van der Waals surface area contributed by atoms with Gasteiger partial charge in [0.25, 0.3) is 0 Å². The molecule has 0 saturated carbocycles. The van der Waals surface area contributed by atoms with Crippen molar-refractivity contribution in [2.75, 3.05) is 0 Å². The third kappa shape index (κ3) is 2.52. The number of hydrogen-bond donors (Lipinski definition) is 1. The Morgan fingerprint density at radius 3 is 2.47 bits per heavy atom. The van der Waals surface area contributed by atoms with Crippen LogP contribution in [0.25, 0.3) is 11.0 Å². The summed E-state index contributed by atoms with van der Waals surface area (Å²) in [5.41, 5.74) is 8.61. The summed E-state index contributed by atoms with van der Waals surface area (Å²) < 4.78 is 2.29. The zero-order chi connectivity index (χ0) is 14.2. The molecular formula is C16H25N3. The molecule has 19 heavy (non-hydrogen) atoms. The van der Waals surface area contributed by atoms with Crippen LogP contribution in [0, 0.1) is 5.92 Å². The molecule has 0 amide bonds. The predicted octanol–water partition coefficient (Wildman–Crippen LogP) is 3.84. The molecule has 0 aliphatic rings. The minimum Gasteiger partial charge on any atom is -0.321 e. The van der Waals surface area contributed by atoms with Crippen molar-refractivity contribution in [3.63, 3.8) is 0 Å². The molecule has 2 atom stereocenters. The van der Waals surface area contributed by atoms with Gasteiger partial charge < -0.3 is 10.3 Å². The Balaban J connectivity index is 2.66. The van der Waals surface area contributed by atoms with E-state index in [1.807, 2.05) is 6.07 Å². The molecular weight excluding hydrogens is 234 g/mol. The number of hydrogen-bond acceptors (Lipinski definition) is 2. The molecule has 0 aliphatic heterocycles. The summed E-state index contributed by atoms with van der Waals surface area (Å²) in [5, 5.41) is 0. The average Bonchev–Trinajstić information content (AvgIpc) is 2.75. The highest BCUT2D eigenvalue weighted by Crippen LogP contribution is 2.30. The van der Waals surface area contributed by atoms with Crippen LogP contribution in [0.1, 0.15) is 52.9 Å². The van der Waals surface area contributed by atoms with E-state index in [1.165, 1.54) is 5.52 Å². The summed E-state index contributed by atoms with van der Waals surface area (Å²) in [6, 6.07) is 8.26. The first-order chi connectivity index (χ1) is 8.86. The minimum atomic E-state index is -0.0173. The third-order valence-electron chi connectivity index (χ3n) is 3.81. The van der Waals surface area contributed by atoms with Gasteiger partial charge in [0.05, 0.1) is 17.1 Å². The summed E-state index contributed by atoms with van der Waals surface area (Å²) in [7, 11) is 0. The molecule has 3 heteroatoms. The fourth-order valence-corrected chi connectivity index (χ4v) is 2.48. The maximum atomic E-state index is 6.43. The van der Waals surface area contributed by atoms with Crippen LogP contribution in [-0.2, 0) is 5.54 Å². The maximum Gasteiger partial charge on any atom is 0.127 e. The first-order valence-corrected chi connectivity index (χ1v) is 7.09. The Bertz CT molecular complexity index is 563. The lowest BCUT2D eigenvalue weighted by Crippen LogP contribution is -2.30. The van der Waals surface area contributed by atoms with E-state index < -0.39 is 0 Å². The van der Waals surface area contributed by atoms with E-state index in [0.29, 0.717) is 5.92 Å². The van der Waals surface area contributed by atoms with Gasteiger partial charge in [0.1, 0.15) is 5.82 Å². The Hall–Kier alpha value is -1.35. The average molecular weight is 259 g/mol. The highest BCUT2D eigenvalue weighted by atomic mass is 15.2. The quantitative estimate of drug-likeness (QED) is 0.910. The molecule has 2 unspecified atom stereocenters. The number of fused-ring (bicyclic) bond motifs is 1. The number of nitrogens with zero attached hydrogens (tertiary/aromatic N) is 2. The van der Waals surface area contributed by atoms with Gasteiger partial charge in [-0.05, 0) is 38.8 Å². The van der Waals surface area contributed by atoms with Crippen LogP contribution in [0.4, 0.5) is 0 Å². The summed E-state index contributed by atoms with van der Waals surface area (Å²) in [6.07, 6.45) is 1.06. The SMILES string of the molecule is CCC(C)C(N)c1nc2ccccc2n1C(C)(C)C. The standard InChI is InChI=1S/C16H25N3/c1-6-11(2)14(17)15-18-12-9-7-8-10-13(12)19(15)16(3,4)5/h7-11,14H,6,17H2,1-5H3. The van der Waals surface area contributed by atoms with Gasteiger partial charge in [0.15, 0.2) is 0 Å². The van der Waals surface area contributed by atoms with Crippen LogP contribution in [0.2, 0.25) is 0 Å². The lowest BCUT2D eigenvalue weighted by molar-refractivity contribution is 0.353. The van der Waals surface area contributed by atoms with Crippen molar-refractivity contribution in [1.29, 1.82) is 0 Å². The number of para-hydroxylation sites is 2. The predicted molar refractivity (Wildman–Crippen MR) is 81.1 cm³/mol. The third-order valence-corrected chi connectivity index (χ3v) is 3.81. The molecule has 104 valence electrons. The summed E-state index contributed by atoms with van der Waals surface area (Å²) in [4.78, 5) is 4.79. The second-order valence-electron chi connectivity index (χ2n) is 6.38. The maximum absolute atomic E-state index is 6.43. The van der Waals surface area contributed by atoms with Crippen molar-refractivity contribution in [2.24, 2.45) is 11.7 Å². The van der Waals surface area contributed by atoms with Crippen molar-refractivity contribution in [1.82, 2.24) is 9.55 Å². The molecule has 1 aromatic heterocycles. The molecule has 2 N–H and O–H groups in total. The lowest BCUT2D eigenvalue weighted by Gasteiger charge is -2.28. The topological polar surface area (TPSA) is 43.8 Å². The summed E-state index contributed by atoms with van der Waals surface area (Å²) in [6.45, 7) is 11.0. The van der Waals surface area contributed by atoms with Crippen LogP contribution in [0.3, 0.4) is 0 Å². The van der Waals surface area contributed by atoms with E-state index in [4.69, 9.17) is 10.7 Å². The van der Waals surface area contributed by atoms with Crippen molar-refractivity contribution in [3.8, 4) is 0 Å². The molecule has 0 fully saturated rings. The van der Waals surface area contributed by atoms with Gasteiger partial charge in [-0.15, -0.1) is 0 Å². The zero-order valence-electron chi connectivity index (χ0n) is 12.6. The Morgan fingerprint density at radius 1 is 1.26 bits per heavy atom. The number of imidazole rings is 1. The Morgan fingerprint density at radius 2 is 1.89 bits per heavy atom. The van der Waals surface area contributed by atoms with Gasteiger partial charge >= 0.3 is 0 Å². The van der Waals surface area contributed by atoms with Gasteiger partial charge in [-0.25, -0.2) is 4.98 Å². The van der Waals surface area contributed by atoms with Gasteiger partial charge in [0, 0.05) is 5.54 Å². The van der Waals surface area contributed by atoms with Crippen LogP contribution in [0.5, 0.6) is 0 Å². The summed E-state index contributed by atoms with van der Waals surface area (Å²) >= 11 is 0. The van der Waals surface area contributed by atoms with E-state index in [2.05, 4.69) is 57.4 Å². The highest BCUT2D eigenvalue weighted by molar-refractivity contribution is 5.76. The van der Waals surface area contributed by atoms with Gasteiger partial charge in [-0.2, -0.15) is 0 Å². The molecule has 2 rings (SSSR count). The largest absolute Gasteiger partial charge is 0.321 e. The second-order valence-corrected chi connectivity index (χ2v) is 6.38. The Kier molecular flexibility index (Phi) is 3.68. The van der Waals surface area contributed by atoms with Crippen molar-refractivity contribution >= 4 is 11.0 Å². The van der Waals surface area contributed by atoms with Gasteiger partial charge in [-0.1, -0.05) is 32.4 Å². The first-order valence-electron chi connectivity index (χ1n) is 7.09. The second kappa shape index (κ2) is 4.97. The molecule has 2 aromatic rings. The molecule has 0 bridgehead atoms. The lowest BCUT2D eigenvalue weighted by atomic mass is 9.98.